The van der Waals surface area contributed by atoms with Gasteiger partial charge in [-0.15, -0.1) is 23.1 Å². The fourth-order valence-electron chi connectivity index (χ4n) is 2.36. The molecule has 6 heteroatoms. The second-order valence-electron chi connectivity index (χ2n) is 5.77. The predicted octanol–water partition coefficient (Wildman–Crippen LogP) is 5.40. The summed E-state index contributed by atoms with van der Waals surface area (Å²) in [6.45, 7) is 2.43. The average molecular weight is 397 g/mol. The third kappa shape index (κ3) is 5.98. The molecule has 0 atom stereocenters. The number of hydrogen-bond acceptors (Lipinski definition) is 5. The largest absolute Gasteiger partial charge is 0.487 e. The minimum absolute atomic E-state index is 0.160. The van der Waals surface area contributed by atoms with E-state index in [0.29, 0.717) is 6.61 Å². The van der Waals surface area contributed by atoms with Crippen LogP contribution in [0.5, 0.6) is 5.75 Å². The van der Waals surface area contributed by atoms with E-state index < -0.39 is 0 Å². The smallest absolute Gasteiger partial charge is 0.248 e. The first-order valence-electron chi connectivity index (χ1n) is 8.39. The van der Waals surface area contributed by atoms with Crippen molar-refractivity contribution in [2.75, 3.05) is 11.6 Å². The Balaban J connectivity index is 1.52. The lowest BCUT2D eigenvalue weighted by Crippen LogP contribution is -2.07. The molecule has 0 unspecified atom stereocenters. The molecule has 2 aromatic carbocycles. The molecule has 138 valence electrons. The molecule has 1 heterocycles. The zero-order chi connectivity index (χ0) is 19.1. The van der Waals surface area contributed by atoms with E-state index >= 15 is 0 Å². The van der Waals surface area contributed by atoms with E-state index in [4.69, 9.17) is 4.74 Å². The molecule has 0 fully saturated rings. The Morgan fingerprint density at radius 2 is 2.07 bits per heavy atom. The molecule has 0 saturated heterocycles. The molecule has 1 aromatic heterocycles. The monoisotopic (exact) mass is 396 g/mol. The highest BCUT2D eigenvalue weighted by Crippen LogP contribution is 2.19. The average Bonchev–Trinajstić information content (AvgIpc) is 3.11. The number of thiazole rings is 1. The molecule has 3 rings (SSSR count). The van der Waals surface area contributed by atoms with Crippen LogP contribution in [0.25, 0.3) is 6.08 Å². The third-order valence-electron chi connectivity index (χ3n) is 3.70. The number of ether oxygens (including phenoxy) is 1. The van der Waals surface area contributed by atoms with Gasteiger partial charge in [-0.05, 0) is 55.2 Å². The first-order chi connectivity index (χ1) is 13.1. The van der Waals surface area contributed by atoms with Crippen LogP contribution >= 0.6 is 23.1 Å². The number of carbonyl (C=O) groups excluding carboxylic acids is 1. The summed E-state index contributed by atoms with van der Waals surface area (Å²) < 4.78 is 5.73. The molecule has 0 saturated carbocycles. The van der Waals surface area contributed by atoms with Crippen molar-refractivity contribution in [2.24, 2.45) is 0 Å². The Morgan fingerprint density at radius 1 is 1.26 bits per heavy atom. The molecule has 1 amide bonds. The first-order valence-corrected chi connectivity index (χ1v) is 10.5. The number of hydrogen-bond donors (Lipinski definition) is 1. The van der Waals surface area contributed by atoms with Crippen molar-refractivity contribution in [1.29, 1.82) is 0 Å². The highest BCUT2D eigenvalue weighted by Gasteiger charge is 2.01. The Kier molecular flexibility index (Phi) is 6.68. The molecule has 0 aliphatic carbocycles. The summed E-state index contributed by atoms with van der Waals surface area (Å²) in [5.41, 5.74) is 2.65. The van der Waals surface area contributed by atoms with E-state index in [1.807, 2.05) is 67.1 Å². The van der Waals surface area contributed by atoms with E-state index in [0.717, 1.165) is 32.6 Å². The number of nitrogens with zero attached hydrogens (tertiary/aromatic N) is 1. The summed E-state index contributed by atoms with van der Waals surface area (Å²) in [6, 6.07) is 15.4. The summed E-state index contributed by atoms with van der Waals surface area (Å²) in [4.78, 5) is 17.6. The van der Waals surface area contributed by atoms with Crippen molar-refractivity contribution in [3.63, 3.8) is 0 Å². The zero-order valence-electron chi connectivity index (χ0n) is 15.1. The van der Waals surface area contributed by atoms with Gasteiger partial charge < -0.3 is 10.1 Å². The van der Waals surface area contributed by atoms with Gasteiger partial charge in [-0.3, -0.25) is 4.79 Å². The molecule has 3 aromatic rings. The Morgan fingerprint density at radius 3 is 2.78 bits per heavy atom. The van der Waals surface area contributed by atoms with Crippen LogP contribution in [-0.4, -0.2) is 17.1 Å². The quantitative estimate of drug-likeness (QED) is 0.429. The van der Waals surface area contributed by atoms with Crippen LogP contribution in [0, 0.1) is 6.92 Å². The van der Waals surface area contributed by atoms with Crippen molar-refractivity contribution in [3.05, 3.63) is 76.3 Å². The number of anilines is 1. The molecule has 0 radical (unpaired) electrons. The minimum atomic E-state index is -0.160. The van der Waals surface area contributed by atoms with Gasteiger partial charge in [0.2, 0.25) is 5.91 Å². The number of carbonyl (C=O) groups is 1. The normalized spacial score (nSPS) is 10.9. The van der Waals surface area contributed by atoms with Gasteiger partial charge in [-0.25, -0.2) is 4.98 Å². The van der Waals surface area contributed by atoms with E-state index in [-0.39, 0.29) is 5.91 Å². The molecule has 1 N–H and O–H groups in total. The third-order valence-corrected chi connectivity index (χ3v) is 5.25. The van der Waals surface area contributed by atoms with Gasteiger partial charge in [0.15, 0.2) is 0 Å². The van der Waals surface area contributed by atoms with Crippen molar-refractivity contribution >= 4 is 40.8 Å². The van der Waals surface area contributed by atoms with Crippen LogP contribution in [0.2, 0.25) is 0 Å². The molecule has 0 aliphatic rings. The highest BCUT2D eigenvalue weighted by molar-refractivity contribution is 7.98. The van der Waals surface area contributed by atoms with E-state index in [2.05, 4.69) is 10.3 Å². The lowest BCUT2D eigenvalue weighted by Gasteiger charge is -2.05. The lowest BCUT2D eigenvalue weighted by molar-refractivity contribution is -0.111. The maximum absolute atomic E-state index is 12.1. The van der Waals surface area contributed by atoms with Crippen LogP contribution in [0.3, 0.4) is 0 Å². The van der Waals surface area contributed by atoms with Gasteiger partial charge >= 0.3 is 0 Å². The molecule has 0 spiro atoms. The second kappa shape index (κ2) is 9.39. The van der Waals surface area contributed by atoms with Crippen molar-refractivity contribution in [2.45, 2.75) is 18.4 Å². The second-order valence-corrected chi connectivity index (χ2v) is 7.71. The number of amides is 1. The molecule has 27 heavy (non-hydrogen) atoms. The van der Waals surface area contributed by atoms with Gasteiger partial charge in [0, 0.05) is 22.0 Å². The van der Waals surface area contributed by atoms with Crippen LogP contribution in [-0.2, 0) is 11.4 Å². The topological polar surface area (TPSA) is 51.2 Å². The van der Waals surface area contributed by atoms with Crippen LogP contribution in [0.4, 0.5) is 5.69 Å². The Bertz CT molecular complexity index is 933. The number of aromatic nitrogens is 1. The summed E-state index contributed by atoms with van der Waals surface area (Å²) in [5.74, 6) is 0.614. The number of nitrogens with one attached hydrogen (secondary N) is 1. The molecule has 0 bridgehead atoms. The van der Waals surface area contributed by atoms with Crippen molar-refractivity contribution in [3.8, 4) is 5.75 Å². The Hall–Kier alpha value is -2.57. The van der Waals surface area contributed by atoms with Gasteiger partial charge in [0.1, 0.15) is 12.4 Å². The number of aryl methyl sites for hydroxylation is 1. The summed E-state index contributed by atoms with van der Waals surface area (Å²) in [5, 5.41) is 5.90. The number of thioether (sulfide) groups is 1. The fourth-order valence-corrected chi connectivity index (χ4v) is 3.42. The van der Waals surface area contributed by atoms with Gasteiger partial charge in [-0.2, -0.15) is 0 Å². The summed E-state index contributed by atoms with van der Waals surface area (Å²) in [7, 11) is 0. The standard InChI is InChI=1S/C21H20N2O2S2/c1-15-22-18(14-27-15)13-25-19-9-6-16(7-10-19)8-11-21(24)23-17-4-3-5-20(12-17)26-2/h3-12,14H,13H2,1-2H3,(H,23,24)/b11-8+. The minimum Gasteiger partial charge on any atom is -0.487 e. The first kappa shape index (κ1) is 19.2. The summed E-state index contributed by atoms with van der Waals surface area (Å²) >= 11 is 3.26. The van der Waals surface area contributed by atoms with E-state index in [1.165, 1.54) is 6.08 Å². The van der Waals surface area contributed by atoms with Crippen molar-refractivity contribution < 1.29 is 9.53 Å². The van der Waals surface area contributed by atoms with Gasteiger partial charge in [0.05, 0.1) is 10.7 Å². The van der Waals surface area contributed by atoms with Crippen LogP contribution in [0.1, 0.15) is 16.3 Å². The van der Waals surface area contributed by atoms with Crippen LogP contribution in [0.15, 0.2) is 64.9 Å². The SMILES string of the molecule is CSc1cccc(NC(=O)/C=C/c2ccc(OCc3csc(C)n3)cc2)c1. The van der Waals surface area contributed by atoms with E-state index in [1.54, 1.807) is 29.2 Å². The molecule has 4 nitrogen and oxygen atoms in total. The van der Waals surface area contributed by atoms with E-state index in [9.17, 15) is 4.79 Å². The van der Waals surface area contributed by atoms with Crippen LogP contribution < -0.4 is 10.1 Å². The molecular weight excluding hydrogens is 376 g/mol. The molecule has 0 aliphatic heterocycles. The maximum atomic E-state index is 12.1. The predicted molar refractivity (Wildman–Crippen MR) is 114 cm³/mol. The molecular formula is C21H20N2O2S2. The van der Waals surface area contributed by atoms with Crippen molar-refractivity contribution in [1.82, 2.24) is 4.98 Å². The highest BCUT2D eigenvalue weighted by atomic mass is 32.2. The fraction of sp³-hybridized carbons (Fsp3) is 0.143. The number of benzene rings is 2. The van der Waals surface area contributed by atoms with Gasteiger partial charge in [-0.1, -0.05) is 18.2 Å². The maximum Gasteiger partial charge on any atom is 0.248 e. The lowest BCUT2D eigenvalue weighted by atomic mass is 10.2. The number of rotatable bonds is 7. The Labute approximate surface area is 167 Å². The van der Waals surface area contributed by atoms with Gasteiger partial charge in [0.25, 0.3) is 0 Å². The summed E-state index contributed by atoms with van der Waals surface area (Å²) in [6.07, 6.45) is 5.31. The zero-order valence-corrected chi connectivity index (χ0v) is 16.8.